The lowest BCUT2D eigenvalue weighted by Gasteiger charge is -2.29. The molecule has 0 unspecified atom stereocenters. The zero-order valence-corrected chi connectivity index (χ0v) is 25.4. The first-order valence-corrected chi connectivity index (χ1v) is 14.5. The number of Topliss-reactive ketones (excluding diaryl/α,β-unsaturated/α-hetero) is 1. The molecule has 0 spiro atoms. The fourth-order valence-corrected chi connectivity index (χ4v) is 6.13. The normalized spacial score (nSPS) is 13.1. The lowest BCUT2D eigenvalue weighted by Crippen LogP contribution is -2.33. The van der Waals surface area contributed by atoms with Crippen LogP contribution in [0.25, 0.3) is 10.1 Å². The van der Waals surface area contributed by atoms with Gasteiger partial charge in [-0.2, -0.15) is 4.37 Å². The maximum atomic E-state index is 14.5. The molecule has 13 heteroatoms. The van der Waals surface area contributed by atoms with Gasteiger partial charge in [0, 0.05) is 41.8 Å². The highest BCUT2D eigenvalue weighted by atomic mass is 35.5. The van der Waals surface area contributed by atoms with Crippen molar-refractivity contribution in [1.29, 1.82) is 0 Å². The van der Waals surface area contributed by atoms with Crippen LogP contribution in [0.15, 0.2) is 66.5 Å². The van der Waals surface area contributed by atoms with Crippen molar-refractivity contribution < 1.29 is 18.8 Å². The van der Waals surface area contributed by atoms with Crippen molar-refractivity contribution in [2.45, 2.75) is 32.7 Å². The molecule has 0 saturated carbocycles. The molecule has 5 rings (SSSR count). The summed E-state index contributed by atoms with van der Waals surface area (Å²) in [6.45, 7) is 4.85. The molecule has 3 heterocycles. The van der Waals surface area contributed by atoms with Crippen LogP contribution in [-0.2, 0) is 16.8 Å². The van der Waals surface area contributed by atoms with Crippen LogP contribution in [0.2, 0.25) is 5.02 Å². The van der Waals surface area contributed by atoms with Crippen LogP contribution in [-0.4, -0.2) is 50.1 Å². The van der Waals surface area contributed by atoms with Gasteiger partial charge in [-0.1, -0.05) is 43.6 Å². The Morgan fingerprint density at radius 2 is 1.91 bits per heavy atom. The van der Waals surface area contributed by atoms with Gasteiger partial charge in [-0.25, -0.2) is 9.37 Å². The van der Waals surface area contributed by atoms with Crippen LogP contribution < -0.4 is 16.1 Å². The van der Waals surface area contributed by atoms with Gasteiger partial charge in [0.05, 0.1) is 16.9 Å². The molecule has 0 saturated heterocycles. The monoisotopic (exact) mass is 621 g/mol. The first-order chi connectivity index (χ1) is 20.5. The van der Waals surface area contributed by atoms with Gasteiger partial charge in [0.15, 0.2) is 5.82 Å². The maximum absolute atomic E-state index is 14.5. The van der Waals surface area contributed by atoms with Crippen molar-refractivity contribution in [2.75, 3.05) is 18.9 Å². The van der Waals surface area contributed by atoms with E-state index in [1.54, 1.807) is 31.1 Å². The molecule has 2 aromatic heterocycles. The summed E-state index contributed by atoms with van der Waals surface area (Å²) in [6.07, 6.45) is 5.36. The fraction of sp³-hybridized carbons (Fsp3) is 0.233. The second-order valence-electron chi connectivity index (χ2n) is 10.6. The number of carbonyl (C=O) groups excluding carboxylic acids is 3. The number of amides is 2. The number of hydrazine groups is 1. The number of aromatic nitrogens is 3. The smallest absolute Gasteiger partial charge is 0.287 e. The SMILES string of the molecule is CC(=O)Cn1c(C(=O)NCC2=CN(C)NC=C2)nc(NC(=O)c2nsc3ccccc23)c1C(C)(C)c1cc(F)ccc1Cl. The van der Waals surface area contributed by atoms with Gasteiger partial charge < -0.3 is 20.6 Å². The Kier molecular flexibility index (Phi) is 8.34. The number of fused-ring (bicyclic) bond motifs is 1. The number of hydrogen-bond acceptors (Lipinski definition) is 8. The van der Waals surface area contributed by atoms with Crippen LogP contribution in [0, 0.1) is 5.82 Å². The summed E-state index contributed by atoms with van der Waals surface area (Å²) in [5.41, 5.74) is 3.54. The van der Waals surface area contributed by atoms with Gasteiger partial charge >= 0.3 is 0 Å². The largest absolute Gasteiger partial charge is 0.345 e. The lowest BCUT2D eigenvalue weighted by atomic mass is 9.80. The van der Waals surface area contributed by atoms with E-state index >= 15 is 0 Å². The number of nitrogens with zero attached hydrogens (tertiary/aromatic N) is 4. The summed E-state index contributed by atoms with van der Waals surface area (Å²) in [4.78, 5) is 44.3. The van der Waals surface area contributed by atoms with Gasteiger partial charge in [0.2, 0.25) is 5.82 Å². The quantitative estimate of drug-likeness (QED) is 0.240. The van der Waals surface area contributed by atoms with E-state index in [4.69, 9.17) is 11.6 Å². The maximum Gasteiger partial charge on any atom is 0.287 e. The van der Waals surface area contributed by atoms with Gasteiger partial charge in [0.1, 0.15) is 17.3 Å². The molecule has 0 aliphatic carbocycles. The Labute approximate surface area is 256 Å². The summed E-state index contributed by atoms with van der Waals surface area (Å²) >= 11 is 7.73. The molecule has 2 aromatic carbocycles. The number of benzene rings is 2. The molecule has 43 heavy (non-hydrogen) atoms. The van der Waals surface area contributed by atoms with E-state index in [1.165, 1.54) is 41.2 Å². The van der Waals surface area contributed by atoms with Crippen molar-refractivity contribution in [3.05, 3.63) is 100 Å². The molecule has 1 aliphatic heterocycles. The third-order valence-corrected chi connectivity index (χ3v) is 8.11. The van der Waals surface area contributed by atoms with Crippen molar-refractivity contribution in [2.24, 2.45) is 0 Å². The average Bonchev–Trinajstić information content (AvgIpc) is 3.54. The van der Waals surface area contributed by atoms with Crippen LogP contribution in [0.3, 0.4) is 0 Å². The summed E-state index contributed by atoms with van der Waals surface area (Å²) in [7, 11) is 1.82. The van der Waals surface area contributed by atoms with E-state index in [2.05, 4.69) is 25.4 Å². The van der Waals surface area contributed by atoms with Gasteiger partial charge in [0.25, 0.3) is 11.8 Å². The van der Waals surface area contributed by atoms with Gasteiger partial charge in [-0.15, -0.1) is 0 Å². The van der Waals surface area contributed by atoms with Crippen LogP contribution in [0.1, 0.15) is 53.1 Å². The number of carbonyl (C=O) groups is 3. The molecule has 1 aliphatic rings. The topological polar surface area (TPSA) is 121 Å². The molecule has 3 N–H and O–H groups in total. The number of halogens is 2. The highest BCUT2D eigenvalue weighted by Crippen LogP contribution is 2.40. The van der Waals surface area contributed by atoms with E-state index in [0.29, 0.717) is 16.6 Å². The highest BCUT2D eigenvalue weighted by molar-refractivity contribution is 7.13. The van der Waals surface area contributed by atoms with E-state index in [9.17, 15) is 18.8 Å². The van der Waals surface area contributed by atoms with Crippen molar-refractivity contribution >= 4 is 56.6 Å². The Morgan fingerprint density at radius 1 is 1.14 bits per heavy atom. The Hall–Kier alpha value is -4.55. The Morgan fingerprint density at radius 3 is 2.65 bits per heavy atom. The molecule has 2 amide bonds. The molecule has 0 atom stereocenters. The zero-order chi connectivity index (χ0) is 30.9. The number of imidazole rings is 1. The van der Waals surface area contributed by atoms with Gasteiger partial charge in [-0.3, -0.25) is 19.4 Å². The van der Waals surface area contributed by atoms with E-state index < -0.39 is 23.0 Å². The predicted octanol–water partition coefficient (Wildman–Crippen LogP) is 5.03. The molecular weight excluding hydrogens is 593 g/mol. The fourth-order valence-electron chi connectivity index (χ4n) is 5.00. The minimum Gasteiger partial charge on any atom is -0.345 e. The predicted molar refractivity (Wildman–Crippen MR) is 164 cm³/mol. The van der Waals surface area contributed by atoms with Crippen molar-refractivity contribution in [3.63, 3.8) is 0 Å². The standard InChI is InChI=1S/C30H29ClFN7O3S/c1-17(40)15-39-25(30(2,3)21-13-19(32)9-10-22(21)31)26(36-28(41)24-20-7-5-6-8-23(20)43-37-24)35-27(39)29(42)33-14-18-11-12-34-38(4)16-18/h5-13,16,34H,14-15H2,1-4H3,(H,33,42)(H,36,41). The highest BCUT2D eigenvalue weighted by Gasteiger charge is 2.37. The molecule has 222 valence electrons. The second kappa shape index (κ2) is 12.0. The van der Waals surface area contributed by atoms with Crippen molar-refractivity contribution in [1.82, 2.24) is 29.7 Å². The van der Waals surface area contributed by atoms with Crippen LogP contribution in [0.4, 0.5) is 10.2 Å². The molecule has 0 radical (unpaired) electrons. The number of anilines is 1. The minimum absolute atomic E-state index is 0.0273. The first-order valence-electron chi connectivity index (χ1n) is 13.3. The third-order valence-electron chi connectivity index (χ3n) is 6.96. The second-order valence-corrected chi connectivity index (χ2v) is 11.8. The molecule has 10 nitrogen and oxygen atoms in total. The summed E-state index contributed by atoms with van der Waals surface area (Å²) in [5, 5.41) is 8.33. The molecular formula is C30H29ClFN7O3S. The molecule has 0 fully saturated rings. The lowest BCUT2D eigenvalue weighted by molar-refractivity contribution is -0.117. The first kappa shape index (κ1) is 29.9. The summed E-state index contributed by atoms with van der Waals surface area (Å²) in [5.74, 6) is -1.97. The van der Waals surface area contributed by atoms with Gasteiger partial charge in [-0.05, 0) is 59.9 Å². The third kappa shape index (κ3) is 6.15. The van der Waals surface area contributed by atoms with E-state index in [0.717, 1.165) is 10.3 Å². The zero-order valence-electron chi connectivity index (χ0n) is 23.9. The number of hydrogen-bond donors (Lipinski definition) is 3. The van der Waals surface area contributed by atoms with Crippen molar-refractivity contribution in [3.8, 4) is 0 Å². The van der Waals surface area contributed by atoms with E-state index in [-0.39, 0.29) is 41.2 Å². The van der Waals surface area contributed by atoms with E-state index in [1.807, 2.05) is 37.5 Å². The summed E-state index contributed by atoms with van der Waals surface area (Å²) < 4.78 is 21.1. The number of nitrogens with one attached hydrogen (secondary N) is 3. The Balaban J connectivity index is 1.62. The number of rotatable bonds is 9. The Bertz CT molecular complexity index is 1810. The molecule has 0 bridgehead atoms. The summed E-state index contributed by atoms with van der Waals surface area (Å²) in [6, 6.07) is 11.3. The number of ketones is 1. The average molecular weight is 622 g/mol. The minimum atomic E-state index is -1.13. The van der Waals surface area contributed by atoms with Crippen LogP contribution in [0.5, 0.6) is 0 Å². The molecule has 4 aromatic rings. The van der Waals surface area contributed by atoms with Crippen LogP contribution >= 0.6 is 23.1 Å².